The minimum Gasteiger partial charge on any atom is -0.354 e. The predicted molar refractivity (Wildman–Crippen MR) is 94.9 cm³/mol. The molecule has 0 saturated heterocycles. The molecule has 1 atom stereocenters. The molecule has 6 nitrogen and oxygen atoms in total. The number of halogens is 1. The molecule has 1 aliphatic carbocycles. The zero-order chi connectivity index (χ0) is 18.7. The Morgan fingerprint density at radius 1 is 1.35 bits per heavy atom. The van der Waals surface area contributed by atoms with Crippen LogP contribution >= 0.6 is 0 Å². The highest BCUT2D eigenvalue weighted by Gasteiger charge is 2.44. The van der Waals surface area contributed by atoms with E-state index in [-0.39, 0.29) is 29.6 Å². The lowest BCUT2D eigenvalue weighted by atomic mass is 9.96. The van der Waals surface area contributed by atoms with E-state index in [0.717, 1.165) is 18.4 Å². The quantitative estimate of drug-likeness (QED) is 0.822. The van der Waals surface area contributed by atoms with Gasteiger partial charge in [0.25, 0.3) is 0 Å². The van der Waals surface area contributed by atoms with Crippen molar-refractivity contribution in [3.63, 3.8) is 0 Å². The number of amides is 2. The summed E-state index contributed by atoms with van der Waals surface area (Å²) in [7, 11) is 1.61. The molecule has 26 heavy (non-hydrogen) atoms. The van der Waals surface area contributed by atoms with E-state index in [9.17, 15) is 14.0 Å². The molecule has 1 fully saturated rings. The average Bonchev–Trinajstić information content (AvgIpc) is 3.22. The smallest absolute Gasteiger partial charge is 0.247 e. The van der Waals surface area contributed by atoms with Gasteiger partial charge in [0, 0.05) is 31.4 Å². The van der Waals surface area contributed by atoms with E-state index in [2.05, 4.69) is 10.4 Å². The lowest BCUT2D eigenvalue weighted by Crippen LogP contribution is -2.43. The highest BCUT2D eigenvalue weighted by atomic mass is 19.1. The maximum Gasteiger partial charge on any atom is 0.247 e. The standard InChI is InChI=1S/C19H23FN4O2/c1-14(24-11-3-10-22-24)18(26)23(2)12-17(25)21-13-19(8-9-19)15-4-6-16(20)7-5-15/h3-7,10-11,14H,8-9,12-13H2,1-2H3,(H,21,25). The van der Waals surface area contributed by atoms with Crippen LogP contribution in [0.25, 0.3) is 0 Å². The molecule has 1 unspecified atom stereocenters. The largest absolute Gasteiger partial charge is 0.354 e. The summed E-state index contributed by atoms with van der Waals surface area (Å²) in [5, 5.41) is 6.97. The summed E-state index contributed by atoms with van der Waals surface area (Å²) in [6.07, 6.45) is 5.26. The van der Waals surface area contributed by atoms with E-state index in [1.54, 1.807) is 49.2 Å². The fraction of sp³-hybridized carbons (Fsp3) is 0.421. The van der Waals surface area contributed by atoms with Crippen LogP contribution in [0.15, 0.2) is 42.7 Å². The topological polar surface area (TPSA) is 67.2 Å². The molecule has 0 bridgehead atoms. The van der Waals surface area contributed by atoms with Gasteiger partial charge in [-0.05, 0) is 43.5 Å². The maximum atomic E-state index is 13.1. The summed E-state index contributed by atoms with van der Waals surface area (Å²) < 4.78 is 14.6. The molecular weight excluding hydrogens is 335 g/mol. The Balaban J connectivity index is 1.51. The summed E-state index contributed by atoms with van der Waals surface area (Å²) in [5.74, 6) is -0.648. The van der Waals surface area contributed by atoms with Gasteiger partial charge in [-0.1, -0.05) is 12.1 Å². The van der Waals surface area contributed by atoms with E-state index in [4.69, 9.17) is 0 Å². The molecule has 1 N–H and O–H groups in total. The number of carbonyl (C=O) groups is 2. The third-order valence-electron chi connectivity index (χ3n) is 4.97. The van der Waals surface area contributed by atoms with Crippen molar-refractivity contribution >= 4 is 11.8 Å². The van der Waals surface area contributed by atoms with E-state index in [1.807, 2.05) is 0 Å². The molecule has 2 aromatic rings. The van der Waals surface area contributed by atoms with Crippen molar-refractivity contribution in [2.24, 2.45) is 0 Å². The van der Waals surface area contributed by atoms with Crippen LogP contribution in [0.3, 0.4) is 0 Å². The minimum atomic E-state index is -0.461. The Morgan fingerprint density at radius 2 is 2.04 bits per heavy atom. The first-order chi connectivity index (χ1) is 12.4. The van der Waals surface area contributed by atoms with Gasteiger partial charge in [-0.3, -0.25) is 14.3 Å². The Labute approximate surface area is 152 Å². The molecule has 1 aromatic carbocycles. The highest BCUT2D eigenvalue weighted by molar-refractivity contribution is 5.86. The third-order valence-corrected chi connectivity index (χ3v) is 4.97. The van der Waals surface area contributed by atoms with E-state index in [1.165, 1.54) is 17.0 Å². The number of hydrogen-bond donors (Lipinski definition) is 1. The van der Waals surface area contributed by atoms with Crippen molar-refractivity contribution in [1.29, 1.82) is 0 Å². The van der Waals surface area contributed by atoms with Crippen molar-refractivity contribution in [2.75, 3.05) is 20.1 Å². The van der Waals surface area contributed by atoms with E-state index in [0.29, 0.717) is 6.54 Å². The molecule has 3 rings (SSSR count). The fourth-order valence-electron chi connectivity index (χ4n) is 3.08. The second-order valence-electron chi connectivity index (χ2n) is 6.92. The zero-order valence-electron chi connectivity index (χ0n) is 15.0. The first kappa shape index (κ1) is 18.1. The highest BCUT2D eigenvalue weighted by Crippen LogP contribution is 2.47. The Morgan fingerprint density at radius 3 is 2.62 bits per heavy atom. The predicted octanol–water partition coefficient (Wildman–Crippen LogP) is 1.89. The monoisotopic (exact) mass is 358 g/mol. The van der Waals surface area contributed by atoms with Gasteiger partial charge in [-0.25, -0.2) is 4.39 Å². The van der Waals surface area contributed by atoms with Crippen LogP contribution in [0.1, 0.15) is 31.4 Å². The molecule has 0 spiro atoms. The molecule has 2 amide bonds. The second kappa shape index (κ2) is 7.27. The van der Waals surface area contributed by atoms with Crippen LogP contribution in [0.5, 0.6) is 0 Å². The lowest BCUT2D eigenvalue weighted by molar-refractivity contribution is -0.137. The van der Waals surface area contributed by atoms with Gasteiger partial charge in [-0.15, -0.1) is 0 Å². The number of hydrogen-bond acceptors (Lipinski definition) is 3. The molecule has 1 aromatic heterocycles. The van der Waals surface area contributed by atoms with Crippen LogP contribution in [0, 0.1) is 5.82 Å². The number of carbonyl (C=O) groups excluding carboxylic acids is 2. The van der Waals surface area contributed by atoms with Crippen molar-refractivity contribution in [2.45, 2.75) is 31.2 Å². The Bertz CT molecular complexity index is 769. The van der Waals surface area contributed by atoms with Gasteiger partial charge in [0.2, 0.25) is 11.8 Å². The van der Waals surface area contributed by atoms with E-state index >= 15 is 0 Å². The summed E-state index contributed by atoms with van der Waals surface area (Å²) in [4.78, 5) is 26.0. The molecule has 0 radical (unpaired) electrons. The normalized spacial score (nSPS) is 16.0. The van der Waals surface area contributed by atoms with Gasteiger partial charge in [0.05, 0.1) is 6.54 Å². The van der Waals surface area contributed by atoms with Crippen molar-refractivity contribution < 1.29 is 14.0 Å². The number of rotatable bonds is 7. The van der Waals surface area contributed by atoms with Gasteiger partial charge in [-0.2, -0.15) is 5.10 Å². The SMILES string of the molecule is CC(C(=O)N(C)CC(=O)NCC1(c2ccc(F)cc2)CC1)n1cccn1. The number of nitrogens with zero attached hydrogens (tertiary/aromatic N) is 3. The lowest BCUT2D eigenvalue weighted by Gasteiger charge is -2.22. The van der Waals surface area contributed by atoms with Crippen LogP contribution in [0.2, 0.25) is 0 Å². The zero-order valence-corrected chi connectivity index (χ0v) is 15.0. The molecule has 1 aliphatic rings. The van der Waals surface area contributed by atoms with Gasteiger partial charge in [0.1, 0.15) is 11.9 Å². The molecule has 1 saturated carbocycles. The first-order valence-corrected chi connectivity index (χ1v) is 8.68. The molecule has 7 heteroatoms. The number of likely N-dealkylation sites (N-methyl/N-ethyl adjacent to an activating group) is 1. The van der Waals surface area contributed by atoms with Crippen LogP contribution in [0.4, 0.5) is 4.39 Å². The first-order valence-electron chi connectivity index (χ1n) is 8.68. The number of nitrogens with one attached hydrogen (secondary N) is 1. The third kappa shape index (κ3) is 3.92. The van der Waals surface area contributed by atoms with Gasteiger partial charge < -0.3 is 10.2 Å². The van der Waals surface area contributed by atoms with Crippen molar-refractivity contribution in [3.8, 4) is 0 Å². The summed E-state index contributed by atoms with van der Waals surface area (Å²) in [6.45, 7) is 2.23. The van der Waals surface area contributed by atoms with Crippen molar-refractivity contribution in [1.82, 2.24) is 20.0 Å². The summed E-state index contributed by atoms with van der Waals surface area (Å²) in [5.41, 5.74) is 0.935. The molecular formula is C19H23FN4O2. The van der Waals surface area contributed by atoms with Crippen LogP contribution < -0.4 is 5.32 Å². The van der Waals surface area contributed by atoms with Gasteiger partial charge >= 0.3 is 0 Å². The number of aromatic nitrogens is 2. The Hall–Kier alpha value is -2.70. The molecule has 138 valence electrons. The molecule has 0 aliphatic heterocycles. The van der Waals surface area contributed by atoms with Crippen LogP contribution in [-0.2, 0) is 15.0 Å². The second-order valence-corrected chi connectivity index (χ2v) is 6.92. The van der Waals surface area contributed by atoms with Crippen LogP contribution in [-0.4, -0.2) is 46.6 Å². The molecule has 1 heterocycles. The maximum absolute atomic E-state index is 13.1. The van der Waals surface area contributed by atoms with E-state index < -0.39 is 6.04 Å². The van der Waals surface area contributed by atoms with Gasteiger partial charge in [0.15, 0.2) is 0 Å². The summed E-state index contributed by atoms with van der Waals surface area (Å²) >= 11 is 0. The average molecular weight is 358 g/mol. The minimum absolute atomic E-state index is 0.00998. The Kier molecular flexibility index (Phi) is 5.06. The fourth-order valence-corrected chi connectivity index (χ4v) is 3.08. The van der Waals surface area contributed by atoms with Crippen molar-refractivity contribution in [3.05, 3.63) is 54.1 Å². The number of benzene rings is 1. The summed E-state index contributed by atoms with van der Waals surface area (Å²) in [6, 6.07) is 7.73.